The number of hydrogen-bond acceptors (Lipinski definition) is 5. The van der Waals surface area contributed by atoms with Crippen molar-refractivity contribution in [3.63, 3.8) is 0 Å². The van der Waals surface area contributed by atoms with Gasteiger partial charge in [-0.05, 0) is 20.3 Å². The number of nitrogens with zero attached hydrogens (tertiary/aromatic N) is 1. The fourth-order valence-corrected chi connectivity index (χ4v) is 1.28. The van der Waals surface area contributed by atoms with E-state index in [-0.39, 0.29) is 19.1 Å². The first kappa shape index (κ1) is 17.4. The van der Waals surface area contributed by atoms with E-state index in [0.29, 0.717) is 6.54 Å². The topological polar surface area (TPSA) is 87.7 Å². The molecule has 19 heavy (non-hydrogen) atoms. The Balaban J connectivity index is 4.24. The van der Waals surface area contributed by atoms with E-state index in [2.05, 4.69) is 15.4 Å². The predicted molar refractivity (Wildman–Crippen MR) is 70.6 cm³/mol. The summed E-state index contributed by atoms with van der Waals surface area (Å²) in [6.07, 6.45) is 0.794. The molecule has 2 N–H and O–H groups in total. The Bertz CT molecular complexity index is 318. The summed E-state index contributed by atoms with van der Waals surface area (Å²) in [5.74, 6) is -0.872. The number of imide groups is 1. The van der Waals surface area contributed by atoms with Gasteiger partial charge in [-0.3, -0.25) is 19.8 Å². The van der Waals surface area contributed by atoms with Gasteiger partial charge in [0.1, 0.15) is 0 Å². The van der Waals surface area contributed by atoms with Crippen molar-refractivity contribution >= 4 is 17.9 Å². The number of carbonyl (C=O) groups is 3. The van der Waals surface area contributed by atoms with Crippen molar-refractivity contribution in [3.8, 4) is 0 Å². The van der Waals surface area contributed by atoms with E-state index in [9.17, 15) is 14.4 Å². The molecule has 0 aliphatic rings. The maximum absolute atomic E-state index is 11.6. The molecule has 0 atom stereocenters. The van der Waals surface area contributed by atoms with Crippen LogP contribution in [-0.4, -0.2) is 55.6 Å². The van der Waals surface area contributed by atoms with Crippen LogP contribution in [0.15, 0.2) is 0 Å². The number of amides is 3. The number of urea groups is 1. The monoisotopic (exact) mass is 273 g/mol. The van der Waals surface area contributed by atoms with Gasteiger partial charge in [0, 0.05) is 12.6 Å². The van der Waals surface area contributed by atoms with Crippen molar-refractivity contribution in [1.82, 2.24) is 15.5 Å². The van der Waals surface area contributed by atoms with Crippen LogP contribution in [0.25, 0.3) is 0 Å². The molecule has 0 unspecified atom stereocenters. The lowest BCUT2D eigenvalue weighted by Gasteiger charge is -2.24. The molecule has 110 valence electrons. The average molecular weight is 273 g/mol. The number of methoxy groups -OCH3 is 1. The molecule has 7 heteroatoms. The summed E-state index contributed by atoms with van der Waals surface area (Å²) < 4.78 is 4.56. The summed E-state index contributed by atoms with van der Waals surface area (Å²) in [5, 5.41) is 4.75. The molecule has 0 bridgehead atoms. The first-order valence-corrected chi connectivity index (χ1v) is 6.29. The second-order valence-corrected chi connectivity index (χ2v) is 4.38. The second-order valence-electron chi connectivity index (χ2n) is 4.38. The summed E-state index contributed by atoms with van der Waals surface area (Å²) in [7, 11) is 1.29. The highest BCUT2D eigenvalue weighted by molar-refractivity contribution is 5.95. The molecule has 3 amide bonds. The Morgan fingerprint density at radius 3 is 2.32 bits per heavy atom. The predicted octanol–water partition coefficient (Wildman–Crippen LogP) is 0.106. The molecule has 0 fully saturated rings. The standard InChI is InChI=1S/C12H23N3O4/c1-5-6-13-12(18)14-10(16)7-15(9(2)3)8-11(17)19-4/h9H,5-8H2,1-4H3,(H2,13,14,16,18). The SMILES string of the molecule is CCCNC(=O)NC(=O)CN(CC(=O)OC)C(C)C. The van der Waals surface area contributed by atoms with Gasteiger partial charge in [-0.2, -0.15) is 0 Å². The van der Waals surface area contributed by atoms with Crippen molar-refractivity contribution in [2.45, 2.75) is 33.2 Å². The van der Waals surface area contributed by atoms with Crippen LogP contribution >= 0.6 is 0 Å². The van der Waals surface area contributed by atoms with Crippen LogP contribution in [0.2, 0.25) is 0 Å². The van der Waals surface area contributed by atoms with Gasteiger partial charge in [0.25, 0.3) is 0 Å². The average Bonchev–Trinajstić information content (AvgIpc) is 2.34. The van der Waals surface area contributed by atoms with E-state index in [1.54, 1.807) is 4.90 Å². The Hall–Kier alpha value is -1.63. The largest absolute Gasteiger partial charge is 0.468 e. The molecule has 0 heterocycles. The van der Waals surface area contributed by atoms with Gasteiger partial charge in [0.05, 0.1) is 20.2 Å². The minimum atomic E-state index is -0.520. The Morgan fingerprint density at radius 1 is 1.21 bits per heavy atom. The normalized spacial score (nSPS) is 10.4. The van der Waals surface area contributed by atoms with Crippen LogP contribution in [-0.2, 0) is 14.3 Å². The summed E-state index contributed by atoms with van der Waals surface area (Å²) in [5.41, 5.74) is 0. The molecule has 0 saturated heterocycles. The molecule has 0 radical (unpaired) electrons. The highest BCUT2D eigenvalue weighted by Gasteiger charge is 2.18. The number of ether oxygens (including phenoxy) is 1. The summed E-state index contributed by atoms with van der Waals surface area (Å²) in [4.78, 5) is 35.7. The molecule has 0 saturated carbocycles. The highest BCUT2D eigenvalue weighted by atomic mass is 16.5. The van der Waals surface area contributed by atoms with Gasteiger partial charge in [-0.25, -0.2) is 4.79 Å². The van der Waals surface area contributed by atoms with Crippen LogP contribution in [0, 0.1) is 0 Å². The van der Waals surface area contributed by atoms with Crippen LogP contribution in [0.5, 0.6) is 0 Å². The number of nitrogens with one attached hydrogen (secondary N) is 2. The van der Waals surface area contributed by atoms with Crippen molar-refractivity contribution in [3.05, 3.63) is 0 Å². The van der Waals surface area contributed by atoms with E-state index in [4.69, 9.17) is 0 Å². The molecule has 0 aromatic carbocycles. The smallest absolute Gasteiger partial charge is 0.321 e. The van der Waals surface area contributed by atoms with Crippen molar-refractivity contribution in [2.24, 2.45) is 0 Å². The Kier molecular flexibility index (Phi) is 8.52. The Morgan fingerprint density at radius 2 is 1.84 bits per heavy atom. The van der Waals surface area contributed by atoms with Crippen molar-refractivity contribution in [2.75, 3.05) is 26.7 Å². The molecule has 7 nitrogen and oxygen atoms in total. The van der Waals surface area contributed by atoms with Crippen LogP contribution in [0.4, 0.5) is 4.79 Å². The molecular formula is C12H23N3O4. The quantitative estimate of drug-likeness (QED) is 0.643. The molecule has 0 aromatic heterocycles. The van der Waals surface area contributed by atoms with Gasteiger partial charge in [-0.1, -0.05) is 6.92 Å². The second kappa shape index (κ2) is 9.32. The van der Waals surface area contributed by atoms with Crippen molar-refractivity contribution in [1.29, 1.82) is 0 Å². The lowest BCUT2D eigenvalue weighted by molar-refractivity contribution is -0.142. The number of carbonyl (C=O) groups excluding carboxylic acids is 3. The van der Waals surface area contributed by atoms with Gasteiger partial charge in [0.15, 0.2) is 0 Å². The molecule has 0 aromatic rings. The van der Waals surface area contributed by atoms with E-state index in [1.165, 1.54) is 7.11 Å². The summed E-state index contributed by atoms with van der Waals surface area (Å²) >= 11 is 0. The van der Waals surface area contributed by atoms with E-state index in [1.807, 2.05) is 20.8 Å². The fraction of sp³-hybridized carbons (Fsp3) is 0.750. The zero-order chi connectivity index (χ0) is 14.8. The van der Waals surface area contributed by atoms with Gasteiger partial charge < -0.3 is 10.1 Å². The van der Waals surface area contributed by atoms with Crippen LogP contribution < -0.4 is 10.6 Å². The van der Waals surface area contributed by atoms with E-state index in [0.717, 1.165) is 6.42 Å². The minimum absolute atomic E-state index is 0.0106. The fourth-order valence-electron chi connectivity index (χ4n) is 1.28. The van der Waals surface area contributed by atoms with Gasteiger partial charge >= 0.3 is 12.0 Å². The molecular weight excluding hydrogens is 250 g/mol. The molecule has 0 spiro atoms. The summed E-state index contributed by atoms with van der Waals surface area (Å²) in [6.45, 7) is 6.11. The lowest BCUT2D eigenvalue weighted by atomic mass is 10.3. The summed E-state index contributed by atoms with van der Waals surface area (Å²) in [6, 6.07) is -0.530. The van der Waals surface area contributed by atoms with Crippen LogP contribution in [0.1, 0.15) is 27.2 Å². The van der Waals surface area contributed by atoms with Crippen LogP contribution in [0.3, 0.4) is 0 Å². The number of hydrogen-bond donors (Lipinski definition) is 2. The zero-order valence-electron chi connectivity index (χ0n) is 12.0. The maximum Gasteiger partial charge on any atom is 0.321 e. The first-order chi connectivity index (χ1) is 8.90. The highest BCUT2D eigenvalue weighted by Crippen LogP contribution is 1.98. The maximum atomic E-state index is 11.6. The lowest BCUT2D eigenvalue weighted by Crippen LogP contribution is -2.47. The van der Waals surface area contributed by atoms with Gasteiger partial charge in [0.2, 0.25) is 5.91 Å². The van der Waals surface area contributed by atoms with Gasteiger partial charge in [-0.15, -0.1) is 0 Å². The number of esters is 1. The van der Waals surface area contributed by atoms with E-state index < -0.39 is 17.9 Å². The number of rotatable bonds is 7. The minimum Gasteiger partial charge on any atom is -0.468 e. The first-order valence-electron chi connectivity index (χ1n) is 6.29. The third kappa shape index (κ3) is 8.15. The third-order valence-electron chi connectivity index (χ3n) is 2.43. The Labute approximate surface area is 113 Å². The molecule has 0 rings (SSSR count). The third-order valence-corrected chi connectivity index (χ3v) is 2.43. The van der Waals surface area contributed by atoms with E-state index >= 15 is 0 Å². The molecule has 0 aliphatic carbocycles. The molecule has 0 aliphatic heterocycles. The van der Waals surface area contributed by atoms with Crippen molar-refractivity contribution < 1.29 is 19.1 Å². The zero-order valence-corrected chi connectivity index (χ0v) is 12.0.